The number of carbonyl (C=O) groups excluding carboxylic acids is 1. The minimum absolute atomic E-state index is 0.179. The lowest BCUT2D eigenvalue weighted by Gasteiger charge is -2.37. The highest BCUT2D eigenvalue weighted by molar-refractivity contribution is 6.29. The van der Waals surface area contributed by atoms with Crippen LogP contribution < -0.4 is 5.32 Å². The van der Waals surface area contributed by atoms with Gasteiger partial charge in [0.2, 0.25) is 0 Å². The molecule has 0 unspecified atom stereocenters. The molecule has 0 bridgehead atoms. The molecule has 1 aromatic rings. The zero-order valence-corrected chi connectivity index (χ0v) is 11.6. The van der Waals surface area contributed by atoms with Gasteiger partial charge in [0.1, 0.15) is 0 Å². The molecule has 1 amide bonds. The van der Waals surface area contributed by atoms with Crippen molar-refractivity contribution < 1.29 is 9.21 Å². The molecule has 100 valence electrons. The lowest BCUT2D eigenvalue weighted by molar-refractivity contribution is 0.0865. The average Bonchev–Trinajstić information content (AvgIpc) is 2.77. The molecule has 1 saturated heterocycles. The van der Waals surface area contributed by atoms with Crippen molar-refractivity contribution in [2.75, 3.05) is 26.7 Å². The van der Waals surface area contributed by atoms with E-state index in [9.17, 15) is 4.79 Å². The maximum Gasteiger partial charge on any atom is 0.287 e. The number of amides is 1. The zero-order valence-electron chi connectivity index (χ0n) is 10.8. The third-order valence-corrected chi connectivity index (χ3v) is 3.87. The maximum absolute atomic E-state index is 11.8. The molecule has 2 rings (SSSR count). The highest BCUT2D eigenvalue weighted by Gasteiger charge is 2.29. The van der Waals surface area contributed by atoms with Gasteiger partial charge in [0, 0.05) is 6.54 Å². The Balaban J connectivity index is 1.86. The summed E-state index contributed by atoms with van der Waals surface area (Å²) < 4.78 is 5.08. The molecule has 0 spiro atoms. The van der Waals surface area contributed by atoms with Crippen LogP contribution in [0.2, 0.25) is 5.22 Å². The number of piperidine rings is 1. The van der Waals surface area contributed by atoms with Gasteiger partial charge in [-0.15, -0.1) is 0 Å². The highest BCUT2D eigenvalue weighted by atomic mass is 35.5. The molecule has 0 aromatic carbocycles. The van der Waals surface area contributed by atoms with Crippen LogP contribution >= 0.6 is 11.6 Å². The summed E-state index contributed by atoms with van der Waals surface area (Å²) in [7, 11) is 2.13. The molecule has 5 heteroatoms. The molecule has 1 aliphatic rings. The van der Waals surface area contributed by atoms with Crippen LogP contribution in [0.3, 0.4) is 0 Å². The minimum Gasteiger partial charge on any atom is -0.440 e. The van der Waals surface area contributed by atoms with Gasteiger partial charge in [0.25, 0.3) is 5.91 Å². The normalized spacial score (nSPS) is 19.7. The second-order valence-corrected chi connectivity index (χ2v) is 5.77. The van der Waals surface area contributed by atoms with Crippen molar-refractivity contribution in [1.29, 1.82) is 0 Å². The summed E-state index contributed by atoms with van der Waals surface area (Å²) in [5.41, 5.74) is 0.179. The van der Waals surface area contributed by atoms with Gasteiger partial charge >= 0.3 is 0 Å². The number of nitrogens with one attached hydrogen (secondary N) is 1. The summed E-state index contributed by atoms with van der Waals surface area (Å²) in [6, 6.07) is 3.17. The Morgan fingerprint density at radius 2 is 2.17 bits per heavy atom. The molecule has 1 aromatic heterocycles. The van der Waals surface area contributed by atoms with E-state index in [1.165, 1.54) is 0 Å². The van der Waals surface area contributed by atoms with Crippen LogP contribution in [0.4, 0.5) is 0 Å². The van der Waals surface area contributed by atoms with E-state index in [1.54, 1.807) is 12.1 Å². The molecule has 1 fully saturated rings. The zero-order chi connectivity index (χ0) is 13.2. The van der Waals surface area contributed by atoms with Crippen molar-refractivity contribution >= 4 is 17.5 Å². The van der Waals surface area contributed by atoms with Gasteiger partial charge < -0.3 is 14.6 Å². The van der Waals surface area contributed by atoms with Crippen LogP contribution in [0.5, 0.6) is 0 Å². The number of hydrogen-bond donors (Lipinski definition) is 1. The first-order valence-corrected chi connectivity index (χ1v) is 6.58. The Labute approximate surface area is 112 Å². The Kier molecular flexibility index (Phi) is 3.97. The lowest BCUT2D eigenvalue weighted by Crippen LogP contribution is -2.43. The van der Waals surface area contributed by atoms with E-state index in [4.69, 9.17) is 16.0 Å². The summed E-state index contributed by atoms with van der Waals surface area (Å²) in [6.45, 7) is 5.06. The van der Waals surface area contributed by atoms with Crippen LogP contribution in [0.15, 0.2) is 16.5 Å². The van der Waals surface area contributed by atoms with Gasteiger partial charge in [0.05, 0.1) is 0 Å². The molecule has 0 atom stereocenters. The summed E-state index contributed by atoms with van der Waals surface area (Å²) >= 11 is 5.64. The van der Waals surface area contributed by atoms with E-state index in [2.05, 4.69) is 24.2 Å². The van der Waals surface area contributed by atoms with Crippen LogP contribution in [0, 0.1) is 5.41 Å². The van der Waals surface area contributed by atoms with Gasteiger partial charge in [-0.2, -0.15) is 0 Å². The fourth-order valence-corrected chi connectivity index (χ4v) is 2.30. The van der Waals surface area contributed by atoms with Crippen molar-refractivity contribution in [3.05, 3.63) is 23.1 Å². The average molecular weight is 271 g/mol. The molecule has 0 aliphatic carbocycles. The third-order valence-electron chi connectivity index (χ3n) is 3.67. The Bertz CT molecular complexity index is 422. The number of likely N-dealkylation sites (tertiary alicyclic amines) is 1. The largest absolute Gasteiger partial charge is 0.440 e. The van der Waals surface area contributed by atoms with Gasteiger partial charge in [-0.1, -0.05) is 6.92 Å². The molecule has 4 nitrogen and oxygen atoms in total. The number of furan rings is 1. The molecule has 18 heavy (non-hydrogen) atoms. The number of carbonyl (C=O) groups is 1. The number of halogens is 1. The minimum atomic E-state index is -0.193. The van der Waals surface area contributed by atoms with Gasteiger partial charge in [-0.05, 0) is 62.1 Å². The molecular weight excluding hydrogens is 252 g/mol. The molecular formula is C13H19ClN2O2. The van der Waals surface area contributed by atoms with Crippen LogP contribution in [-0.2, 0) is 0 Å². The third kappa shape index (κ3) is 3.27. The van der Waals surface area contributed by atoms with Crippen LogP contribution in [0.1, 0.15) is 30.3 Å². The smallest absolute Gasteiger partial charge is 0.287 e. The predicted molar refractivity (Wildman–Crippen MR) is 70.9 cm³/mol. The fourth-order valence-electron chi connectivity index (χ4n) is 2.15. The SMILES string of the molecule is CN1CCC(C)(CNC(=O)c2ccc(Cl)o2)CC1. The predicted octanol–water partition coefficient (Wildman–Crippen LogP) is 2.39. The van der Waals surface area contributed by atoms with Crippen molar-refractivity contribution in [1.82, 2.24) is 10.2 Å². The molecule has 1 aliphatic heterocycles. The summed E-state index contributed by atoms with van der Waals surface area (Å²) in [4.78, 5) is 14.1. The Morgan fingerprint density at radius 1 is 1.50 bits per heavy atom. The van der Waals surface area contributed by atoms with Gasteiger partial charge in [0.15, 0.2) is 11.0 Å². The van der Waals surface area contributed by atoms with E-state index in [1.807, 2.05) is 0 Å². The Hall–Kier alpha value is -1.00. The van der Waals surface area contributed by atoms with Crippen LogP contribution in [-0.4, -0.2) is 37.5 Å². The van der Waals surface area contributed by atoms with Crippen molar-refractivity contribution in [2.24, 2.45) is 5.41 Å². The fraction of sp³-hybridized carbons (Fsp3) is 0.615. The second kappa shape index (κ2) is 5.33. The van der Waals surface area contributed by atoms with E-state index in [0.29, 0.717) is 6.54 Å². The Morgan fingerprint density at radius 3 is 2.72 bits per heavy atom. The molecule has 0 radical (unpaired) electrons. The summed E-state index contributed by atoms with van der Waals surface area (Å²) in [6.07, 6.45) is 2.20. The maximum atomic E-state index is 11.8. The standard InChI is InChI=1S/C13H19ClN2O2/c1-13(5-7-16(2)8-6-13)9-15-12(17)10-3-4-11(14)18-10/h3-4H,5-9H2,1-2H3,(H,15,17). The van der Waals surface area contributed by atoms with E-state index < -0.39 is 0 Å². The first kappa shape index (κ1) is 13.4. The molecule has 0 saturated carbocycles. The summed E-state index contributed by atoms with van der Waals surface area (Å²) in [5.74, 6) is 0.0820. The summed E-state index contributed by atoms with van der Waals surface area (Å²) in [5, 5.41) is 3.17. The van der Waals surface area contributed by atoms with E-state index in [0.717, 1.165) is 25.9 Å². The van der Waals surface area contributed by atoms with E-state index >= 15 is 0 Å². The van der Waals surface area contributed by atoms with Gasteiger partial charge in [-0.3, -0.25) is 4.79 Å². The molecule has 2 heterocycles. The number of hydrogen-bond acceptors (Lipinski definition) is 3. The van der Waals surface area contributed by atoms with Crippen molar-refractivity contribution in [3.8, 4) is 0 Å². The van der Waals surface area contributed by atoms with Gasteiger partial charge in [-0.25, -0.2) is 0 Å². The monoisotopic (exact) mass is 270 g/mol. The lowest BCUT2D eigenvalue weighted by atomic mass is 9.80. The van der Waals surface area contributed by atoms with Crippen LogP contribution in [0.25, 0.3) is 0 Å². The van der Waals surface area contributed by atoms with Crippen molar-refractivity contribution in [2.45, 2.75) is 19.8 Å². The quantitative estimate of drug-likeness (QED) is 0.917. The number of rotatable bonds is 3. The topological polar surface area (TPSA) is 45.5 Å². The van der Waals surface area contributed by atoms with E-state index in [-0.39, 0.29) is 22.3 Å². The second-order valence-electron chi connectivity index (χ2n) is 5.40. The first-order chi connectivity index (χ1) is 8.48. The highest BCUT2D eigenvalue weighted by Crippen LogP contribution is 2.29. The van der Waals surface area contributed by atoms with Crippen molar-refractivity contribution in [3.63, 3.8) is 0 Å². The first-order valence-electron chi connectivity index (χ1n) is 6.21. The molecule has 1 N–H and O–H groups in total. The number of nitrogens with zero attached hydrogens (tertiary/aromatic N) is 1.